The molecule has 0 saturated carbocycles. The van der Waals surface area contributed by atoms with Crippen molar-refractivity contribution < 1.29 is 14.3 Å². The van der Waals surface area contributed by atoms with E-state index in [1.165, 1.54) is 0 Å². The highest BCUT2D eigenvalue weighted by Gasteiger charge is 2.22. The Hall–Kier alpha value is -1.40. The number of aromatic nitrogens is 2. The van der Waals surface area contributed by atoms with Crippen molar-refractivity contribution >= 4 is 5.97 Å². The minimum atomic E-state index is -0.487. The average Bonchev–Trinajstić information content (AvgIpc) is 2.71. The molecule has 6 heteroatoms. The van der Waals surface area contributed by atoms with Crippen molar-refractivity contribution in [2.24, 2.45) is 7.05 Å². The van der Waals surface area contributed by atoms with E-state index >= 15 is 0 Å². The lowest BCUT2D eigenvalue weighted by molar-refractivity contribution is -0.145. The van der Waals surface area contributed by atoms with Gasteiger partial charge in [-0.05, 0) is 6.92 Å². The summed E-state index contributed by atoms with van der Waals surface area (Å²) < 4.78 is 11.6. The summed E-state index contributed by atoms with van der Waals surface area (Å²) in [6.45, 7) is 3.26. The lowest BCUT2D eigenvalue weighted by atomic mass is 10.1. The number of hydrogen-bond donors (Lipinski definition) is 1. The number of esters is 1. The van der Waals surface area contributed by atoms with Crippen molar-refractivity contribution in [3.63, 3.8) is 0 Å². The number of nitrogens with zero attached hydrogens (tertiary/aromatic N) is 2. The van der Waals surface area contributed by atoms with Gasteiger partial charge < -0.3 is 9.47 Å². The molecule has 1 heterocycles. The third-order valence-corrected chi connectivity index (χ3v) is 2.24. The molecule has 0 bridgehead atoms. The van der Waals surface area contributed by atoms with E-state index in [9.17, 15) is 4.79 Å². The fourth-order valence-corrected chi connectivity index (χ4v) is 1.46. The second-order valence-corrected chi connectivity index (χ2v) is 3.58. The number of ether oxygens (including phenoxy) is 2. The van der Waals surface area contributed by atoms with E-state index in [4.69, 9.17) is 9.47 Å². The van der Waals surface area contributed by atoms with Gasteiger partial charge in [0.15, 0.2) is 0 Å². The monoisotopic (exact) mass is 241 g/mol. The molecule has 0 spiro atoms. The van der Waals surface area contributed by atoms with Crippen LogP contribution < -0.4 is 5.32 Å². The maximum Gasteiger partial charge on any atom is 0.327 e. The molecule has 1 unspecified atom stereocenters. The molecule has 17 heavy (non-hydrogen) atoms. The minimum absolute atomic E-state index is 0.295. The Bertz CT molecular complexity index is 351. The first kappa shape index (κ1) is 13.7. The summed E-state index contributed by atoms with van der Waals surface area (Å²) in [5.41, 5.74) is 0.794. The number of nitrogens with one attached hydrogen (secondary N) is 1. The minimum Gasteiger partial charge on any atom is -0.465 e. The Labute approximate surface area is 101 Å². The molecule has 0 amide bonds. The first-order valence-corrected chi connectivity index (χ1v) is 5.56. The zero-order valence-electron chi connectivity index (χ0n) is 10.5. The molecule has 0 aliphatic carbocycles. The second-order valence-electron chi connectivity index (χ2n) is 3.58. The van der Waals surface area contributed by atoms with Gasteiger partial charge in [0.2, 0.25) is 0 Å². The molecular formula is C11H19N3O3. The van der Waals surface area contributed by atoms with Crippen molar-refractivity contribution in [3.8, 4) is 0 Å². The second kappa shape index (κ2) is 7.03. The zero-order valence-corrected chi connectivity index (χ0v) is 10.5. The van der Waals surface area contributed by atoms with E-state index in [0.717, 1.165) is 5.56 Å². The third kappa shape index (κ3) is 4.16. The van der Waals surface area contributed by atoms with Crippen LogP contribution in [0, 0.1) is 0 Å². The molecule has 1 rings (SSSR count). The fraction of sp³-hybridized carbons (Fsp3) is 0.636. The highest BCUT2D eigenvalue weighted by atomic mass is 16.5. The van der Waals surface area contributed by atoms with Crippen LogP contribution in [0.4, 0.5) is 0 Å². The summed E-state index contributed by atoms with van der Waals surface area (Å²) in [7, 11) is 3.42. The summed E-state index contributed by atoms with van der Waals surface area (Å²) in [5, 5.41) is 7.13. The van der Waals surface area contributed by atoms with Gasteiger partial charge in [-0.25, -0.2) is 4.79 Å². The smallest absolute Gasteiger partial charge is 0.327 e. The Morgan fingerprint density at radius 2 is 2.41 bits per heavy atom. The number of methoxy groups -OCH3 is 1. The summed E-state index contributed by atoms with van der Waals surface area (Å²) in [4.78, 5) is 11.8. The van der Waals surface area contributed by atoms with Gasteiger partial charge in [0, 0.05) is 32.5 Å². The molecule has 0 fully saturated rings. The fourth-order valence-electron chi connectivity index (χ4n) is 1.46. The molecule has 1 aromatic rings. The molecule has 0 aliphatic rings. The standard InChI is InChI=1S/C11H19N3O3/c1-4-17-11(15)10(12-5-6-16-3)9-7-13-14(2)8-9/h7-8,10,12H,4-6H2,1-3H3. The van der Waals surface area contributed by atoms with Crippen LogP contribution >= 0.6 is 0 Å². The summed E-state index contributed by atoms with van der Waals surface area (Å²) in [6, 6.07) is -0.487. The number of aryl methyl sites for hydroxylation is 1. The van der Waals surface area contributed by atoms with E-state index in [1.54, 1.807) is 38.2 Å². The van der Waals surface area contributed by atoms with Crippen LogP contribution in [0.1, 0.15) is 18.5 Å². The van der Waals surface area contributed by atoms with Crippen molar-refractivity contribution in [2.45, 2.75) is 13.0 Å². The topological polar surface area (TPSA) is 65.4 Å². The Balaban J connectivity index is 2.68. The number of hydrogen-bond acceptors (Lipinski definition) is 5. The van der Waals surface area contributed by atoms with Gasteiger partial charge in [-0.1, -0.05) is 0 Å². The van der Waals surface area contributed by atoms with Gasteiger partial charge >= 0.3 is 5.97 Å². The summed E-state index contributed by atoms with van der Waals surface area (Å²) in [5.74, 6) is -0.295. The quantitative estimate of drug-likeness (QED) is 0.548. The third-order valence-electron chi connectivity index (χ3n) is 2.24. The van der Waals surface area contributed by atoms with Crippen molar-refractivity contribution in [2.75, 3.05) is 26.9 Å². The molecule has 6 nitrogen and oxygen atoms in total. The van der Waals surface area contributed by atoms with Gasteiger partial charge in [0.1, 0.15) is 6.04 Å². The lowest BCUT2D eigenvalue weighted by Crippen LogP contribution is -2.32. The van der Waals surface area contributed by atoms with Crippen LogP contribution in [-0.4, -0.2) is 42.6 Å². The summed E-state index contributed by atoms with van der Waals surface area (Å²) >= 11 is 0. The Morgan fingerprint density at radius 3 is 2.94 bits per heavy atom. The van der Waals surface area contributed by atoms with E-state index in [2.05, 4.69) is 10.4 Å². The van der Waals surface area contributed by atoms with Crippen LogP contribution in [0.2, 0.25) is 0 Å². The van der Waals surface area contributed by atoms with Crippen LogP contribution in [0.5, 0.6) is 0 Å². The van der Waals surface area contributed by atoms with Crippen LogP contribution in [-0.2, 0) is 21.3 Å². The Kier molecular flexibility index (Phi) is 5.65. The normalized spacial score (nSPS) is 12.4. The molecule has 1 aromatic heterocycles. The van der Waals surface area contributed by atoms with Crippen LogP contribution in [0.3, 0.4) is 0 Å². The van der Waals surface area contributed by atoms with Gasteiger partial charge in [-0.3, -0.25) is 10.00 Å². The predicted molar refractivity (Wildman–Crippen MR) is 62.5 cm³/mol. The highest BCUT2D eigenvalue weighted by Crippen LogP contribution is 2.13. The number of carbonyl (C=O) groups is 1. The Morgan fingerprint density at radius 1 is 1.65 bits per heavy atom. The van der Waals surface area contributed by atoms with Crippen molar-refractivity contribution in [1.82, 2.24) is 15.1 Å². The van der Waals surface area contributed by atoms with E-state index in [0.29, 0.717) is 19.8 Å². The average molecular weight is 241 g/mol. The maximum absolute atomic E-state index is 11.8. The van der Waals surface area contributed by atoms with Gasteiger partial charge in [-0.2, -0.15) is 5.10 Å². The first-order chi connectivity index (χ1) is 8.19. The summed E-state index contributed by atoms with van der Waals surface area (Å²) in [6.07, 6.45) is 3.45. The molecule has 1 atom stereocenters. The molecule has 0 saturated heterocycles. The number of carbonyl (C=O) groups excluding carboxylic acids is 1. The molecule has 1 N–H and O–H groups in total. The largest absolute Gasteiger partial charge is 0.465 e. The van der Waals surface area contributed by atoms with Gasteiger partial charge in [0.05, 0.1) is 19.4 Å². The van der Waals surface area contributed by atoms with E-state index in [1.807, 2.05) is 0 Å². The SMILES string of the molecule is CCOC(=O)C(NCCOC)c1cnn(C)c1. The van der Waals surface area contributed by atoms with E-state index in [-0.39, 0.29) is 5.97 Å². The van der Waals surface area contributed by atoms with Crippen LogP contribution in [0.15, 0.2) is 12.4 Å². The highest BCUT2D eigenvalue weighted by molar-refractivity contribution is 5.77. The molecule has 0 aliphatic heterocycles. The first-order valence-electron chi connectivity index (χ1n) is 5.56. The van der Waals surface area contributed by atoms with Crippen molar-refractivity contribution in [3.05, 3.63) is 18.0 Å². The zero-order chi connectivity index (χ0) is 12.7. The van der Waals surface area contributed by atoms with Gasteiger partial charge in [-0.15, -0.1) is 0 Å². The molecule has 0 radical (unpaired) electrons. The van der Waals surface area contributed by atoms with Crippen LogP contribution in [0.25, 0.3) is 0 Å². The number of rotatable bonds is 7. The molecular weight excluding hydrogens is 222 g/mol. The molecule has 0 aromatic carbocycles. The van der Waals surface area contributed by atoms with E-state index < -0.39 is 6.04 Å². The predicted octanol–water partition coefficient (Wildman–Crippen LogP) is 0.260. The maximum atomic E-state index is 11.8. The van der Waals surface area contributed by atoms with Gasteiger partial charge in [0.25, 0.3) is 0 Å². The lowest BCUT2D eigenvalue weighted by Gasteiger charge is -2.15. The molecule has 96 valence electrons. The van der Waals surface area contributed by atoms with Crippen molar-refractivity contribution in [1.29, 1.82) is 0 Å².